The highest BCUT2D eigenvalue weighted by molar-refractivity contribution is 5.92. The smallest absolute Gasteiger partial charge is 0.237 e. The Morgan fingerprint density at radius 1 is 1.25 bits per heavy atom. The van der Waals surface area contributed by atoms with E-state index in [0.717, 1.165) is 17.7 Å². The number of halogens is 3. The van der Waals surface area contributed by atoms with Crippen molar-refractivity contribution < 1.29 is 22.8 Å². The van der Waals surface area contributed by atoms with Gasteiger partial charge < -0.3 is 16.8 Å². The normalized spacial score (nSPS) is 16.1. The van der Waals surface area contributed by atoms with Crippen LogP contribution in [0.2, 0.25) is 0 Å². The van der Waals surface area contributed by atoms with Crippen LogP contribution >= 0.6 is 0 Å². The van der Waals surface area contributed by atoms with E-state index in [1.54, 1.807) is 18.4 Å². The van der Waals surface area contributed by atoms with Crippen molar-refractivity contribution in [2.24, 2.45) is 16.5 Å². The fourth-order valence-electron chi connectivity index (χ4n) is 3.15. The van der Waals surface area contributed by atoms with Gasteiger partial charge in [-0.25, -0.2) is 13.2 Å². The number of benzene rings is 1. The van der Waals surface area contributed by atoms with Crippen molar-refractivity contribution in [2.75, 3.05) is 13.1 Å². The van der Waals surface area contributed by atoms with E-state index in [4.69, 9.17) is 11.5 Å². The van der Waals surface area contributed by atoms with Crippen molar-refractivity contribution in [2.45, 2.75) is 37.8 Å². The molecule has 9 heteroatoms. The van der Waals surface area contributed by atoms with Crippen LogP contribution in [0.1, 0.15) is 24.8 Å². The quantitative estimate of drug-likeness (QED) is 0.451. The highest BCUT2D eigenvalue weighted by atomic mass is 19.2. The van der Waals surface area contributed by atoms with Crippen LogP contribution < -0.4 is 16.8 Å². The number of nitrogens with two attached hydrogens (primary N) is 2. The molecular weight excluding hydrogens is 421 g/mol. The number of Topliss-reactive ketones (excluding diaryl/α,β-unsaturated/α-hetero) is 1. The molecule has 0 aromatic heterocycles. The lowest BCUT2D eigenvalue weighted by molar-refractivity contribution is -0.128. The van der Waals surface area contributed by atoms with Gasteiger partial charge in [-0.3, -0.25) is 14.6 Å². The molecule has 1 aromatic rings. The van der Waals surface area contributed by atoms with Gasteiger partial charge in [-0.2, -0.15) is 0 Å². The Morgan fingerprint density at radius 3 is 2.53 bits per heavy atom. The van der Waals surface area contributed by atoms with Gasteiger partial charge >= 0.3 is 0 Å². The van der Waals surface area contributed by atoms with Gasteiger partial charge in [0.25, 0.3) is 0 Å². The zero-order valence-electron chi connectivity index (χ0n) is 17.6. The third-order valence-electron chi connectivity index (χ3n) is 4.81. The van der Waals surface area contributed by atoms with E-state index in [9.17, 15) is 22.8 Å². The van der Waals surface area contributed by atoms with Crippen LogP contribution in [0.15, 0.2) is 53.1 Å². The van der Waals surface area contributed by atoms with E-state index in [1.807, 2.05) is 6.08 Å². The number of hydrogen-bond acceptors (Lipinski definition) is 5. The molecule has 1 amide bonds. The molecule has 0 spiro atoms. The first-order chi connectivity index (χ1) is 15.2. The van der Waals surface area contributed by atoms with Crippen molar-refractivity contribution in [3.8, 4) is 0 Å². The highest BCUT2D eigenvalue weighted by Gasteiger charge is 2.25. The van der Waals surface area contributed by atoms with E-state index in [1.165, 1.54) is 0 Å². The van der Waals surface area contributed by atoms with Gasteiger partial charge in [0, 0.05) is 12.6 Å². The standard InChI is InChI=1S/C23H27F3N4O2/c1-14(8-15-4-3-7-29-13-15)9-21(31)20(30-23(32)19(28)5-2-6-27)12-16-10-17(24)22(26)18(25)11-16/h3-4,7-8,10-11,19-20H,1-2,5-6,9,12-13,27-28H2,(H,30,32)/b15-8-/t19-,20+/m0/s1. The lowest BCUT2D eigenvalue weighted by Crippen LogP contribution is -2.49. The van der Waals surface area contributed by atoms with E-state index in [2.05, 4.69) is 16.9 Å². The molecule has 5 N–H and O–H groups in total. The molecule has 32 heavy (non-hydrogen) atoms. The molecule has 1 aromatic carbocycles. The highest BCUT2D eigenvalue weighted by Crippen LogP contribution is 2.17. The average molecular weight is 448 g/mol. The molecule has 0 fully saturated rings. The monoisotopic (exact) mass is 448 g/mol. The van der Waals surface area contributed by atoms with E-state index >= 15 is 0 Å². The Kier molecular flexibility index (Phi) is 9.55. The molecule has 0 radical (unpaired) electrons. The van der Waals surface area contributed by atoms with Crippen molar-refractivity contribution in [3.05, 3.63) is 71.1 Å². The minimum Gasteiger partial charge on any atom is -0.345 e. The molecule has 0 saturated carbocycles. The summed E-state index contributed by atoms with van der Waals surface area (Å²) in [5, 5.41) is 2.54. The Balaban J connectivity index is 2.17. The van der Waals surface area contributed by atoms with Gasteiger partial charge in [0.1, 0.15) is 0 Å². The number of rotatable bonds is 11. The van der Waals surface area contributed by atoms with Crippen molar-refractivity contribution in [1.29, 1.82) is 0 Å². The summed E-state index contributed by atoms with van der Waals surface area (Å²) in [6.45, 7) is 4.67. The predicted molar refractivity (Wildman–Crippen MR) is 118 cm³/mol. The first-order valence-corrected chi connectivity index (χ1v) is 10.2. The van der Waals surface area contributed by atoms with Gasteiger partial charge in [-0.1, -0.05) is 18.7 Å². The largest absolute Gasteiger partial charge is 0.345 e. The SMILES string of the molecule is C=C(/C=C1/C=CC=NC1)CC(=O)[C@@H](Cc1cc(F)c(F)c(F)c1)NC(=O)[C@@H](N)CCCN. The lowest BCUT2D eigenvalue weighted by atomic mass is 9.96. The second-order valence-electron chi connectivity index (χ2n) is 7.55. The number of hydrogen-bond donors (Lipinski definition) is 3. The number of ketones is 1. The summed E-state index contributed by atoms with van der Waals surface area (Å²) in [7, 11) is 0. The second-order valence-corrected chi connectivity index (χ2v) is 7.55. The summed E-state index contributed by atoms with van der Waals surface area (Å²) >= 11 is 0. The summed E-state index contributed by atoms with van der Waals surface area (Å²) in [6.07, 6.45) is 7.44. The Labute approximate surface area is 185 Å². The summed E-state index contributed by atoms with van der Waals surface area (Å²) in [5.41, 5.74) is 12.6. The molecule has 0 unspecified atom stereocenters. The zero-order chi connectivity index (χ0) is 23.7. The zero-order valence-corrected chi connectivity index (χ0v) is 17.6. The van der Waals surface area contributed by atoms with Crippen LogP contribution in [0.25, 0.3) is 0 Å². The first-order valence-electron chi connectivity index (χ1n) is 10.2. The van der Waals surface area contributed by atoms with Gasteiger partial charge in [-0.15, -0.1) is 0 Å². The third-order valence-corrected chi connectivity index (χ3v) is 4.81. The van der Waals surface area contributed by atoms with Gasteiger partial charge in [-0.05, 0) is 60.7 Å². The average Bonchev–Trinajstić information content (AvgIpc) is 2.75. The van der Waals surface area contributed by atoms with E-state index < -0.39 is 41.2 Å². The Bertz CT molecular complexity index is 934. The number of allylic oxidation sites excluding steroid dienone is 3. The molecule has 0 saturated heterocycles. The Morgan fingerprint density at radius 2 is 1.94 bits per heavy atom. The van der Waals surface area contributed by atoms with Crippen molar-refractivity contribution >= 4 is 17.9 Å². The number of carbonyl (C=O) groups is 2. The van der Waals surface area contributed by atoms with E-state index in [0.29, 0.717) is 31.5 Å². The third kappa shape index (κ3) is 7.58. The number of aliphatic imine (C=N–C) groups is 1. The van der Waals surface area contributed by atoms with Gasteiger partial charge in [0.15, 0.2) is 23.2 Å². The summed E-state index contributed by atoms with van der Waals surface area (Å²) < 4.78 is 40.6. The molecule has 1 heterocycles. The van der Waals surface area contributed by atoms with E-state index in [-0.39, 0.29) is 18.4 Å². The number of dihydropyridines is 1. The summed E-state index contributed by atoms with van der Waals surface area (Å²) in [5.74, 6) is -5.38. The van der Waals surface area contributed by atoms with Gasteiger partial charge in [0.2, 0.25) is 5.91 Å². The molecule has 2 rings (SSSR count). The maximum atomic E-state index is 13.6. The molecule has 6 nitrogen and oxygen atoms in total. The Hall–Kier alpha value is -3.04. The fraction of sp³-hybridized carbons (Fsp3) is 0.348. The van der Waals surface area contributed by atoms with Crippen molar-refractivity contribution in [3.63, 3.8) is 0 Å². The van der Waals surface area contributed by atoms with Crippen molar-refractivity contribution in [1.82, 2.24) is 5.32 Å². The van der Waals surface area contributed by atoms with Crippen LogP contribution in [0.4, 0.5) is 13.2 Å². The van der Waals surface area contributed by atoms with Crippen LogP contribution in [-0.4, -0.2) is 43.1 Å². The summed E-state index contributed by atoms with van der Waals surface area (Å²) in [4.78, 5) is 29.5. The number of amides is 1. The summed E-state index contributed by atoms with van der Waals surface area (Å²) in [6, 6.07) is -0.446. The number of carbonyl (C=O) groups excluding carboxylic acids is 2. The first kappa shape index (κ1) is 25.2. The number of nitrogens with zero attached hydrogens (tertiary/aromatic N) is 1. The van der Waals surface area contributed by atoms with Crippen LogP contribution in [0, 0.1) is 17.5 Å². The predicted octanol–water partition coefficient (Wildman–Crippen LogP) is 2.28. The number of nitrogens with one attached hydrogen (secondary N) is 1. The molecular formula is C23H27F3N4O2. The maximum absolute atomic E-state index is 13.6. The minimum atomic E-state index is -1.60. The van der Waals surface area contributed by atoms with Crippen LogP contribution in [-0.2, 0) is 16.0 Å². The minimum absolute atomic E-state index is 0.0177. The molecule has 1 aliphatic rings. The fourth-order valence-corrected chi connectivity index (χ4v) is 3.15. The topological polar surface area (TPSA) is 111 Å². The second kappa shape index (κ2) is 12.1. The van der Waals surface area contributed by atoms with Crippen LogP contribution in [0.5, 0.6) is 0 Å². The molecule has 0 aliphatic carbocycles. The molecule has 2 atom stereocenters. The molecule has 172 valence electrons. The molecule has 1 aliphatic heterocycles. The van der Waals surface area contributed by atoms with Gasteiger partial charge in [0.05, 0.1) is 18.6 Å². The maximum Gasteiger partial charge on any atom is 0.237 e. The lowest BCUT2D eigenvalue weighted by Gasteiger charge is -2.21. The molecule has 0 bridgehead atoms. The van der Waals surface area contributed by atoms with Crippen LogP contribution in [0.3, 0.4) is 0 Å².